The smallest absolute Gasteiger partial charge is 0.416 e. The van der Waals surface area contributed by atoms with Crippen molar-refractivity contribution in [2.75, 3.05) is 32.7 Å². The summed E-state index contributed by atoms with van der Waals surface area (Å²) in [6.45, 7) is 5.67. The molecule has 2 aromatic carbocycles. The lowest BCUT2D eigenvalue weighted by Crippen LogP contribution is -2.52. The van der Waals surface area contributed by atoms with Crippen molar-refractivity contribution in [3.63, 3.8) is 0 Å². The van der Waals surface area contributed by atoms with Crippen LogP contribution in [0.5, 0.6) is 0 Å². The molecule has 2 aromatic rings. The summed E-state index contributed by atoms with van der Waals surface area (Å²) in [5.41, 5.74) is 0.820. The molecule has 0 radical (unpaired) electrons. The van der Waals surface area contributed by atoms with E-state index in [-0.39, 0.29) is 18.6 Å². The minimum atomic E-state index is -4.38. The van der Waals surface area contributed by atoms with Gasteiger partial charge >= 0.3 is 12.1 Å². The number of piperazine rings is 1. The third-order valence-corrected chi connectivity index (χ3v) is 6.02. The second kappa shape index (κ2) is 11.9. The first kappa shape index (κ1) is 27.0. The minimum absolute atomic E-state index is 0.143. The molecule has 1 amide bonds. The third-order valence-electron chi connectivity index (χ3n) is 5.77. The van der Waals surface area contributed by atoms with E-state index in [1.165, 1.54) is 19.1 Å². The fourth-order valence-electron chi connectivity index (χ4n) is 3.86. The summed E-state index contributed by atoms with van der Waals surface area (Å²) in [5.74, 6) is -0.729. The summed E-state index contributed by atoms with van der Waals surface area (Å²) in [6, 6.07) is 12.2. The molecular weight excluding hydrogens is 485 g/mol. The molecule has 190 valence electrons. The number of ether oxygens (including phenoxy) is 2. The fourth-order valence-corrected chi connectivity index (χ4v) is 3.99. The van der Waals surface area contributed by atoms with E-state index in [0.29, 0.717) is 43.3 Å². The van der Waals surface area contributed by atoms with Gasteiger partial charge in [0.2, 0.25) is 0 Å². The van der Waals surface area contributed by atoms with Gasteiger partial charge in [0.15, 0.2) is 6.10 Å². The molecule has 10 heteroatoms. The van der Waals surface area contributed by atoms with Crippen molar-refractivity contribution in [3.8, 4) is 0 Å². The van der Waals surface area contributed by atoms with Gasteiger partial charge in [-0.2, -0.15) is 13.2 Å². The first-order valence-electron chi connectivity index (χ1n) is 11.2. The lowest BCUT2D eigenvalue weighted by atomic mass is 10.1. The van der Waals surface area contributed by atoms with E-state index in [1.54, 1.807) is 24.0 Å². The predicted octanol–water partition coefficient (Wildman–Crippen LogP) is 4.71. The quantitative estimate of drug-likeness (QED) is 0.479. The highest BCUT2D eigenvalue weighted by atomic mass is 35.5. The van der Waals surface area contributed by atoms with Crippen molar-refractivity contribution in [2.45, 2.75) is 38.8 Å². The van der Waals surface area contributed by atoms with Crippen LogP contribution in [0.25, 0.3) is 0 Å². The largest absolute Gasteiger partial charge is 0.453 e. The van der Waals surface area contributed by atoms with Gasteiger partial charge in [0.25, 0.3) is 5.91 Å². The predicted molar refractivity (Wildman–Crippen MR) is 125 cm³/mol. The zero-order valence-electron chi connectivity index (χ0n) is 19.6. The Balaban J connectivity index is 1.61. The summed E-state index contributed by atoms with van der Waals surface area (Å²) >= 11 is 6.02. The molecule has 0 bridgehead atoms. The number of carbonyl (C=O) groups excluding carboxylic acids is 2. The Bertz CT molecular complexity index is 991. The Morgan fingerprint density at radius 3 is 2.14 bits per heavy atom. The number of hydrogen-bond acceptors (Lipinski definition) is 5. The van der Waals surface area contributed by atoms with Gasteiger partial charge in [-0.15, -0.1) is 0 Å². The number of benzene rings is 2. The maximum Gasteiger partial charge on any atom is 0.416 e. The molecule has 0 unspecified atom stereocenters. The molecule has 1 fully saturated rings. The van der Waals surface area contributed by atoms with Gasteiger partial charge in [0, 0.05) is 44.7 Å². The van der Waals surface area contributed by atoms with E-state index in [1.807, 2.05) is 12.1 Å². The van der Waals surface area contributed by atoms with E-state index < -0.39 is 23.8 Å². The molecular formula is C25H28ClF3N2O4. The minimum Gasteiger partial charge on any atom is -0.453 e. The summed E-state index contributed by atoms with van der Waals surface area (Å²) < 4.78 is 49.6. The third kappa shape index (κ3) is 7.95. The highest BCUT2D eigenvalue weighted by Gasteiger charge is 2.30. The van der Waals surface area contributed by atoms with Crippen molar-refractivity contribution in [1.82, 2.24) is 9.80 Å². The zero-order chi connectivity index (χ0) is 25.6. The Morgan fingerprint density at radius 1 is 1.00 bits per heavy atom. The van der Waals surface area contributed by atoms with Gasteiger partial charge in [-0.3, -0.25) is 14.5 Å². The summed E-state index contributed by atoms with van der Waals surface area (Å²) in [7, 11) is 0. The number of hydrogen-bond donors (Lipinski definition) is 0. The Kier molecular flexibility index (Phi) is 9.15. The molecule has 1 aliphatic heterocycles. The van der Waals surface area contributed by atoms with E-state index in [0.717, 1.165) is 17.7 Å². The van der Waals surface area contributed by atoms with E-state index in [2.05, 4.69) is 4.90 Å². The number of halogens is 4. The molecule has 2 atom stereocenters. The van der Waals surface area contributed by atoms with Crippen LogP contribution in [0, 0.1) is 0 Å². The Labute approximate surface area is 207 Å². The van der Waals surface area contributed by atoms with Crippen LogP contribution in [0.2, 0.25) is 5.02 Å². The SMILES string of the molecule is CC(=O)O[C@@H](C)C(=O)N1CCN(C[C@@H](OCc2ccc(C(F)(F)F)cc2)c2ccc(Cl)cc2)CC1. The Hall–Kier alpha value is -2.62. The number of alkyl halides is 3. The van der Waals surface area contributed by atoms with Crippen LogP contribution in [0.1, 0.15) is 36.6 Å². The highest BCUT2D eigenvalue weighted by molar-refractivity contribution is 6.30. The van der Waals surface area contributed by atoms with Gasteiger partial charge in [-0.25, -0.2) is 0 Å². The summed E-state index contributed by atoms with van der Waals surface area (Å²) in [4.78, 5) is 27.4. The molecule has 0 saturated carbocycles. The van der Waals surface area contributed by atoms with Crippen LogP contribution in [0.15, 0.2) is 48.5 Å². The zero-order valence-corrected chi connectivity index (χ0v) is 20.3. The van der Waals surface area contributed by atoms with Crippen LogP contribution >= 0.6 is 11.6 Å². The fraction of sp³-hybridized carbons (Fsp3) is 0.440. The first-order valence-corrected chi connectivity index (χ1v) is 11.6. The molecule has 6 nitrogen and oxygen atoms in total. The number of carbonyl (C=O) groups is 2. The number of amides is 1. The second-order valence-corrected chi connectivity index (χ2v) is 8.86. The van der Waals surface area contributed by atoms with Gasteiger partial charge in [-0.1, -0.05) is 35.9 Å². The van der Waals surface area contributed by atoms with Crippen molar-refractivity contribution in [3.05, 3.63) is 70.2 Å². The lowest BCUT2D eigenvalue weighted by molar-refractivity contribution is -0.158. The first-order chi connectivity index (χ1) is 16.5. The normalized spacial score (nSPS) is 16.6. The number of nitrogens with zero attached hydrogens (tertiary/aromatic N) is 2. The summed E-state index contributed by atoms with van der Waals surface area (Å²) in [5, 5.41) is 0.587. The molecule has 3 rings (SSSR count). The molecule has 35 heavy (non-hydrogen) atoms. The monoisotopic (exact) mass is 512 g/mol. The van der Waals surface area contributed by atoms with E-state index in [9.17, 15) is 22.8 Å². The van der Waals surface area contributed by atoms with Gasteiger partial charge in [0.1, 0.15) is 0 Å². The van der Waals surface area contributed by atoms with E-state index >= 15 is 0 Å². The standard InChI is InChI=1S/C25H28ClF3N2O4/c1-17(35-18(2)32)24(33)31-13-11-30(12-14-31)15-23(20-5-9-22(26)10-6-20)34-16-19-3-7-21(8-4-19)25(27,28)29/h3-10,17,23H,11-16H2,1-2H3/t17-,23+/m0/s1. The number of rotatable bonds is 8. The molecule has 0 aliphatic carbocycles. The average molecular weight is 513 g/mol. The molecule has 1 aliphatic rings. The van der Waals surface area contributed by atoms with Gasteiger partial charge < -0.3 is 14.4 Å². The average Bonchev–Trinajstić information content (AvgIpc) is 2.81. The van der Waals surface area contributed by atoms with Crippen LogP contribution < -0.4 is 0 Å². The Morgan fingerprint density at radius 2 is 1.60 bits per heavy atom. The molecule has 0 N–H and O–H groups in total. The topological polar surface area (TPSA) is 59.1 Å². The van der Waals surface area contributed by atoms with Crippen molar-refractivity contribution < 1.29 is 32.2 Å². The van der Waals surface area contributed by atoms with Gasteiger partial charge in [-0.05, 0) is 42.3 Å². The van der Waals surface area contributed by atoms with Crippen LogP contribution in [0.3, 0.4) is 0 Å². The summed E-state index contributed by atoms with van der Waals surface area (Å²) in [6.07, 6.45) is -5.56. The van der Waals surface area contributed by atoms with Crippen molar-refractivity contribution in [1.29, 1.82) is 0 Å². The van der Waals surface area contributed by atoms with Crippen LogP contribution in [-0.2, 0) is 31.8 Å². The van der Waals surface area contributed by atoms with Crippen molar-refractivity contribution in [2.24, 2.45) is 0 Å². The van der Waals surface area contributed by atoms with E-state index in [4.69, 9.17) is 21.1 Å². The maximum atomic E-state index is 12.8. The van der Waals surface area contributed by atoms with Crippen molar-refractivity contribution >= 4 is 23.5 Å². The number of esters is 1. The molecule has 1 saturated heterocycles. The highest BCUT2D eigenvalue weighted by Crippen LogP contribution is 2.30. The molecule has 0 spiro atoms. The molecule has 0 aromatic heterocycles. The van der Waals surface area contributed by atoms with Crippen LogP contribution in [-0.4, -0.2) is 60.5 Å². The van der Waals surface area contributed by atoms with Crippen LogP contribution in [0.4, 0.5) is 13.2 Å². The second-order valence-electron chi connectivity index (χ2n) is 8.42. The molecule has 1 heterocycles. The lowest BCUT2D eigenvalue weighted by Gasteiger charge is -2.37. The van der Waals surface area contributed by atoms with Gasteiger partial charge in [0.05, 0.1) is 18.3 Å². The maximum absolute atomic E-state index is 12.8.